The van der Waals surface area contributed by atoms with Crippen LogP contribution in [0.1, 0.15) is 47.1 Å². The Morgan fingerprint density at radius 3 is 2.67 bits per heavy atom. The summed E-state index contributed by atoms with van der Waals surface area (Å²) in [4.78, 5) is 15.4. The number of halogens is 1. The van der Waals surface area contributed by atoms with Gasteiger partial charge in [-0.15, -0.1) is 5.10 Å². The predicted octanol–water partition coefficient (Wildman–Crippen LogP) is 5.30. The smallest absolute Gasteiger partial charge is 0.255 e. The van der Waals surface area contributed by atoms with Gasteiger partial charge in [-0.3, -0.25) is 9.48 Å². The molecule has 4 aromatic rings. The zero-order chi connectivity index (χ0) is 28.7. The number of aromatic nitrogens is 5. The molecule has 0 saturated carbocycles. The molecule has 0 bridgehead atoms. The van der Waals surface area contributed by atoms with Gasteiger partial charge in [0.15, 0.2) is 0 Å². The molecule has 0 spiro atoms. The summed E-state index contributed by atoms with van der Waals surface area (Å²) in [7, 11) is -1.15. The van der Waals surface area contributed by atoms with Crippen molar-refractivity contribution in [3.63, 3.8) is 0 Å². The van der Waals surface area contributed by atoms with Gasteiger partial charge in [-0.2, -0.15) is 5.10 Å². The summed E-state index contributed by atoms with van der Waals surface area (Å²) in [6, 6.07) is 14.6. The molecule has 212 valence electrons. The van der Waals surface area contributed by atoms with Crippen LogP contribution in [0.5, 0.6) is 0 Å². The molecule has 0 radical (unpaired) electrons. The molecule has 3 heterocycles. The Kier molecular flexibility index (Phi) is 7.89. The highest BCUT2D eigenvalue weighted by Gasteiger charge is 2.37. The molecule has 9 nitrogen and oxygen atoms in total. The van der Waals surface area contributed by atoms with E-state index in [2.05, 4.69) is 35.1 Å². The lowest BCUT2D eigenvalue weighted by molar-refractivity contribution is 0.0576. The van der Waals surface area contributed by atoms with E-state index in [0.717, 1.165) is 28.2 Å². The van der Waals surface area contributed by atoms with E-state index in [1.54, 1.807) is 29.4 Å². The van der Waals surface area contributed by atoms with Crippen molar-refractivity contribution >= 4 is 36.6 Å². The lowest BCUT2D eigenvalue weighted by atomic mass is 10.0. The normalized spacial score (nSPS) is 15.8. The van der Waals surface area contributed by atoms with Crippen LogP contribution in [0, 0.1) is 0 Å². The largest absolute Gasteiger partial charge is 0.389 e. The predicted molar refractivity (Wildman–Crippen MR) is 158 cm³/mol. The molecule has 2 aromatic carbocycles. The van der Waals surface area contributed by atoms with E-state index in [1.807, 2.05) is 47.4 Å². The third-order valence-corrected chi connectivity index (χ3v) is 9.07. The van der Waals surface area contributed by atoms with E-state index in [4.69, 9.17) is 16.3 Å². The number of fused-ring (bicyclic) bond motifs is 2. The molecule has 1 unspecified atom stereocenters. The topological polar surface area (TPSA) is 98.3 Å². The highest BCUT2D eigenvalue weighted by atomic mass is 35.5. The maximum absolute atomic E-state index is 13.6. The zero-order valence-corrected chi connectivity index (χ0v) is 25.5. The lowest BCUT2D eigenvalue weighted by Crippen LogP contribution is -2.29. The van der Waals surface area contributed by atoms with Crippen LogP contribution in [-0.2, 0) is 31.0 Å². The quantitative estimate of drug-likeness (QED) is 0.191. The number of amides is 1. The van der Waals surface area contributed by atoms with Crippen molar-refractivity contribution in [1.29, 1.82) is 0 Å². The molecule has 1 aliphatic rings. The number of hydrogen-bond donors (Lipinski definition) is 1. The Hall–Kier alpha value is -3.05. The molecule has 40 heavy (non-hydrogen) atoms. The molecular formula is C29H37ClN6O3Si. The van der Waals surface area contributed by atoms with Crippen LogP contribution in [0.3, 0.4) is 0 Å². The van der Waals surface area contributed by atoms with Gasteiger partial charge in [0.05, 0.1) is 34.4 Å². The van der Waals surface area contributed by atoms with Gasteiger partial charge in [-0.25, -0.2) is 4.68 Å². The SMILES string of the molecule is CC(C)(O)Cn1cc(Cl)c(CC2c3ccccc3C(=O)N2Cc2ccc3c(c2)nnn3COCC[Si](C)(C)C)n1. The highest BCUT2D eigenvalue weighted by Crippen LogP contribution is 2.38. The highest BCUT2D eigenvalue weighted by molar-refractivity contribution is 6.76. The van der Waals surface area contributed by atoms with Crippen LogP contribution in [0.2, 0.25) is 30.7 Å². The van der Waals surface area contributed by atoms with E-state index in [1.165, 1.54) is 0 Å². The second-order valence-corrected chi connectivity index (χ2v) is 18.5. The Balaban J connectivity index is 1.35. The van der Waals surface area contributed by atoms with Crippen LogP contribution < -0.4 is 0 Å². The maximum Gasteiger partial charge on any atom is 0.255 e. The number of benzene rings is 2. The van der Waals surface area contributed by atoms with Crippen molar-refractivity contribution in [2.45, 2.75) is 77.4 Å². The monoisotopic (exact) mass is 580 g/mol. The van der Waals surface area contributed by atoms with Gasteiger partial charge in [-0.05, 0) is 49.2 Å². The Morgan fingerprint density at radius 1 is 1.15 bits per heavy atom. The number of rotatable bonds is 11. The summed E-state index contributed by atoms with van der Waals surface area (Å²) >= 11 is 6.56. The third kappa shape index (κ3) is 6.46. The number of ether oxygens (including phenoxy) is 1. The third-order valence-electron chi connectivity index (χ3n) is 7.05. The first-order chi connectivity index (χ1) is 18.9. The van der Waals surface area contributed by atoms with Gasteiger partial charge >= 0.3 is 0 Å². The van der Waals surface area contributed by atoms with Gasteiger partial charge in [0.1, 0.15) is 12.2 Å². The molecule has 1 N–H and O–H groups in total. The van der Waals surface area contributed by atoms with Gasteiger partial charge < -0.3 is 14.7 Å². The number of carbonyl (C=O) groups is 1. The minimum absolute atomic E-state index is 0.0211. The average Bonchev–Trinajstić information content (AvgIpc) is 3.50. The summed E-state index contributed by atoms with van der Waals surface area (Å²) in [5.41, 5.74) is 4.05. The number of hydrogen-bond acceptors (Lipinski definition) is 6. The first-order valence-corrected chi connectivity index (χ1v) is 17.7. The summed E-state index contributed by atoms with van der Waals surface area (Å²) in [6.45, 7) is 12.3. The van der Waals surface area contributed by atoms with Crippen molar-refractivity contribution in [3.8, 4) is 0 Å². The van der Waals surface area contributed by atoms with Crippen molar-refractivity contribution in [1.82, 2.24) is 29.7 Å². The molecule has 5 rings (SSSR count). The fraction of sp³-hybridized carbons (Fsp3) is 0.448. The molecule has 1 amide bonds. The summed E-state index contributed by atoms with van der Waals surface area (Å²) < 4.78 is 9.30. The van der Waals surface area contributed by atoms with E-state index in [-0.39, 0.29) is 11.9 Å². The summed E-state index contributed by atoms with van der Waals surface area (Å²) in [5, 5.41) is 24.0. The van der Waals surface area contributed by atoms with Crippen LogP contribution in [-0.4, -0.2) is 61.0 Å². The minimum Gasteiger partial charge on any atom is -0.389 e. The van der Waals surface area contributed by atoms with E-state index >= 15 is 0 Å². The molecule has 0 fully saturated rings. The molecule has 2 aromatic heterocycles. The van der Waals surface area contributed by atoms with Gasteiger partial charge in [-0.1, -0.05) is 60.7 Å². The summed E-state index contributed by atoms with van der Waals surface area (Å²) in [6.07, 6.45) is 2.20. The van der Waals surface area contributed by atoms with Crippen LogP contribution >= 0.6 is 11.6 Å². The van der Waals surface area contributed by atoms with Gasteiger partial charge in [0, 0.05) is 39.4 Å². The maximum atomic E-state index is 13.6. The molecule has 0 aliphatic carbocycles. The van der Waals surface area contributed by atoms with Gasteiger partial charge in [0.2, 0.25) is 0 Å². The van der Waals surface area contributed by atoms with Gasteiger partial charge in [0.25, 0.3) is 5.91 Å². The van der Waals surface area contributed by atoms with Crippen LogP contribution in [0.4, 0.5) is 0 Å². The second kappa shape index (κ2) is 11.1. The number of carbonyl (C=O) groups excluding carboxylic acids is 1. The number of nitrogens with zero attached hydrogens (tertiary/aromatic N) is 6. The van der Waals surface area contributed by atoms with E-state index in [0.29, 0.717) is 49.1 Å². The van der Waals surface area contributed by atoms with E-state index in [9.17, 15) is 9.90 Å². The number of aliphatic hydroxyl groups is 1. The van der Waals surface area contributed by atoms with E-state index < -0.39 is 13.7 Å². The van der Waals surface area contributed by atoms with Crippen molar-refractivity contribution in [2.24, 2.45) is 0 Å². The van der Waals surface area contributed by atoms with Crippen molar-refractivity contribution in [2.75, 3.05) is 6.61 Å². The van der Waals surface area contributed by atoms with Crippen molar-refractivity contribution in [3.05, 3.63) is 76.1 Å². The Bertz CT molecular complexity index is 1520. The molecule has 11 heteroatoms. The average molecular weight is 581 g/mol. The summed E-state index contributed by atoms with van der Waals surface area (Å²) in [5.74, 6) is -0.0211. The first kappa shape index (κ1) is 28.5. The molecule has 1 atom stereocenters. The minimum atomic E-state index is -1.15. The second-order valence-electron chi connectivity index (χ2n) is 12.4. The standard InChI is InChI=1S/C29H37ClN6O3Si/c1-29(2,38)18-34-17-23(30)24(32-34)15-27-21-8-6-7-9-22(21)28(37)35(27)16-20-10-11-26-25(14-20)31-33-36(26)19-39-12-13-40(3,4)5/h6-11,14,17,27,38H,12-13,15-16,18-19H2,1-5H3. The van der Waals surface area contributed by atoms with Crippen LogP contribution in [0.15, 0.2) is 48.7 Å². The first-order valence-electron chi connectivity index (χ1n) is 13.6. The van der Waals surface area contributed by atoms with Crippen molar-refractivity contribution < 1.29 is 14.6 Å². The molecular weight excluding hydrogens is 544 g/mol. The fourth-order valence-corrected chi connectivity index (χ4v) is 6.01. The molecule has 0 saturated heterocycles. The zero-order valence-electron chi connectivity index (χ0n) is 23.8. The molecule has 1 aliphatic heterocycles. The lowest BCUT2D eigenvalue weighted by Gasteiger charge is -2.25. The Labute approximate surface area is 240 Å². The van der Waals surface area contributed by atoms with Crippen LogP contribution in [0.25, 0.3) is 11.0 Å². The Morgan fingerprint density at radius 2 is 1.93 bits per heavy atom. The fourth-order valence-electron chi connectivity index (χ4n) is 5.02.